The van der Waals surface area contributed by atoms with Crippen LogP contribution in [0.5, 0.6) is 0 Å². The van der Waals surface area contributed by atoms with Crippen molar-refractivity contribution < 1.29 is 8.42 Å². The second kappa shape index (κ2) is 6.97. The van der Waals surface area contributed by atoms with E-state index in [-0.39, 0.29) is 0 Å². The standard InChI is InChI=1S/C16H30N2O2S/c19-21(20,12-4-3-10-17-16-7-8-16)18-11-9-14-5-1-2-6-15(14)13-18/h14-17H,1-13H2. The third-order valence-electron chi connectivity index (χ3n) is 5.49. The fourth-order valence-electron chi connectivity index (χ4n) is 3.95. The molecule has 3 rings (SSSR count). The highest BCUT2D eigenvalue weighted by atomic mass is 32.2. The van der Waals surface area contributed by atoms with Crippen LogP contribution in [-0.2, 0) is 10.0 Å². The molecule has 0 aromatic heterocycles. The summed E-state index contributed by atoms with van der Waals surface area (Å²) < 4.78 is 26.7. The maximum Gasteiger partial charge on any atom is 0.214 e. The molecule has 4 nitrogen and oxygen atoms in total. The van der Waals surface area contributed by atoms with Crippen molar-refractivity contribution in [3.05, 3.63) is 0 Å². The minimum Gasteiger partial charge on any atom is -0.314 e. The third kappa shape index (κ3) is 4.42. The molecule has 3 aliphatic rings. The van der Waals surface area contributed by atoms with E-state index in [4.69, 9.17) is 0 Å². The lowest BCUT2D eigenvalue weighted by Gasteiger charge is -2.40. The SMILES string of the molecule is O=S(=O)(CCCCNC1CC1)N1CCC2CCCCC2C1. The van der Waals surface area contributed by atoms with E-state index in [0.717, 1.165) is 50.9 Å². The van der Waals surface area contributed by atoms with Crippen LogP contribution in [0.15, 0.2) is 0 Å². The highest BCUT2D eigenvalue weighted by Crippen LogP contribution is 2.36. The Hall–Kier alpha value is -0.130. The predicted molar refractivity (Wildman–Crippen MR) is 85.7 cm³/mol. The number of piperidine rings is 1. The first-order chi connectivity index (χ1) is 10.1. The van der Waals surface area contributed by atoms with Crippen LogP contribution >= 0.6 is 0 Å². The van der Waals surface area contributed by atoms with Gasteiger partial charge in [-0.2, -0.15) is 0 Å². The highest BCUT2D eigenvalue weighted by molar-refractivity contribution is 7.89. The summed E-state index contributed by atoms with van der Waals surface area (Å²) in [5, 5.41) is 3.45. The number of rotatable bonds is 7. The molecule has 2 aliphatic carbocycles. The molecule has 1 N–H and O–H groups in total. The van der Waals surface area contributed by atoms with Crippen LogP contribution in [0.1, 0.15) is 57.8 Å². The summed E-state index contributed by atoms with van der Waals surface area (Å²) >= 11 is 0. The van der Waals surface area contributed by atoms with E-state index in [0.29, 0.717) is 11.7 Å². The Balaban J connectivity index is 1.41. The molecule has 1 aliphatic heterocycles. The fourth-order valence-corrected chi connectivity index (χ4v) is 5.58. The Morgan fingerprint density at radius 2 is 1.71 bits per heavy atom. The van der Waals surface area contributed by atoms with Gasteiger partial charge in [0.15, 0.2) is 0 Å². The van der Waals surface area contributed by atoms with Gasteiger partial charge in [0.2, 0.25) is 10.0 Å². The lowest BCUT2D eigenvalue weighted by atomic mass is 9.76. The maximum absolute atomic E-state index is 12.5. The minimum absolute atomic E-state index is 0.344. The molecular formula is C16H30N2O2S. The van der Waals surface area contributed by atoms with Crippen molar-refractivity contribution in [3.8, 4) is 0 Å². The van der Waals surface area contributed by atoms with Gasteiger partial charge in [0, 0.05) is 19.1 Å². The lowest BCUT2D eigenvalue weighted by Crippen LogP contribution is -2.45. The zero-order valence-corrected chi connectivity index (χ0v) is 13.9. The van der Waals surface area contributed by atoms with Gasteiger partial charge in [-0.05, 0) is 56.9 Å². The minimum atomic E-state index is -3.01. The zero-order valence-electron chi connectivity index (χ0n) is 13.1. The van der Waals surface area contributed by atoms with Crippen molar-refractivity contribution in [3.63, 3.8) is 0 Å². The predicted octanol–water partition coefficient (Wildman–Crippen LogP) is 2.36. The molecule has 1 heterocycles. The average Bonchev–Trinajstić information content (AvgIpc) is 3.30. The Morgan fingerprint density at radius 3 is 2.48 bits per heavy atom. The van der Waals surface area contributed by atoms with E-state index in [1.165, 1.54) is 38.5 Å². The molecule has 2 atom stereocenters. The molecule has 0 aromatic carbocycles. The van der Waals surface area contributed by atoms with E-state index >= 15 is 0 Å². The Labute approximate surface area is 129 Å². The number of hydrogen-bond donors (Lipinski definition) is 1. The molecule has 0 bridgehead atoms. The van der Waals surface area contributed by atoms with Gasteiger partial charge in [-0.15, -0.1) is 0 Å². The van der Waals surface area contributed by atoms with E-state index < -0.39 is 10.0 Å². The van der Waals surface area contributed by atoms with Crippen molar-refractivity contribution in [2.75, 3.05) is 25.4 Å². The van der Waals surface area contributed by atoms with Crippen LogP contribution < -0.4 is 5.32 Å². The van der Waals surface area contributed by atoms with Crippen molar-refractivity contribution in [1.82, 2.24) is 9.62 Å². The molecule has 2 saturated carbocycles. The number of nitrogens with zero attached hydrogens (tertiary/aromatic N) is 1. The summed E-state index contributed by atoms with van der Waals surface area (Å²) in [6.07, 6.45) is 10.7. The molecule has 21 heavy (non-hydrogen) atoms. The topological polar surface area (TPSA) is 49.4 Å². The summed E-state index contributed by atoms with van der Waals surface area (Å²) in [7, 11) is -3.01. The summed E-state index contributed by atoms with van der Waals surface area (Å²) in [5.74, 6) is 1.78. The molecule has 5 heteroatoms. The van der Waals surface area contributed by atoms with Crippen LogP contribution in [0.4, 0.5) is 0 Å². The van der Waals surface area contributed by atoms with E-state index in [1.807, 2.05) is 0 Å². The smallest absolute Gasteiger partial charge is 0.214 e. The zero-order chi connectivity index (χ0) is 14.7. The van der Waals surface area contributed by atoms with Crippen LogP contribution in [0, 0.1) is 11.8 Å². The van der Waals surface area contributed by atoms with Gasteiger partial charge in [0.05, 0.1) is 5.75 Å². The molecule has 0 spiro atoms. The first kappa shape index (κ1) is 15.8. The van der Waals surface area contributed by atoms with Crippen molar-refractivity contribution in [2.45, 2.75) is 63.8 Å². The third-order valence-corrected chi connectivity index (χ3v) is 7.41. The maximum atomic E-state index is 12.5. The quantitative estimate of drug-likeness (QED) is 0.734. The van der Waals surface area contributed by atoms with Gasteiger partial charge in [0.1, 0.15) is 0 Å². The van der Waals surface area contributed by atoms with Gasteiger partial charge < -0.3 is 5.32 Å². The van der Waals surface area contributed by atoms with Crippen molar-refractivity contribution >= 4 is 10.0 Å². The van der Waals surface area contributed by atoms with Crippen LogP contribution in [0.2, 0.25) is 0 Å². The van der Waals surface area contributed by atoms with Gasteiger partial charge in [-0.1, -0.05) is 19.3 Å². The van der Waals surface area contributed by atoms with Crippen molar-refractivity contribution in [2.24, 2.45) is 11.8 Å². The van der Waals surface area contributed by atoms with Gasteiger partial charge in [0.25, 0.3) is 0 Å². The molecule has 2 unspecified atom stereocenters. The van der Waals surface area contributed by atoms with E-state index in [9.17, 15) is 8.42 Å². The number of hydrogen-bond acceptors (Lipinski definition) is 3. The van der Waals surface area contributed by atoms with Crippen LogP contribution in [-0.4, -0.2) is 44.2 Å². The van der Waals surface area contributed by atoms with Gasteiger partial charge in [-0.3, -0.25) is 0 Å². The molecule has 3 fully saturated rings. The molecule has 122 valence electrons. The first-order valence-electron chi connectivity index (χ1n) is 8.86. The van der Waals surface area contributed by atoms with Crippen molar-refractivity contribution in [1.29, 1.82) is 0 Å². The second-order valence-corrected chi connectivity index (χ2v) is 9.29. The summed E-state index contributed by atoms with van der Waals surface area (Å²) in [5.41, 5.74) is 0. The fraction of sp³-hybridized carbons (Fsp3) is 1.00. The largest absolute Gasteiger partial charge is 0.314 e. The Kier molecular flexibility index (Phi) is 5.23. The van der Waals surface area contributed by atoms with Crippen LogP contribution in [0.25, 0.3) is 0 Å². The average molecular weight is 314 g/mol. The van der Waals surface area contributed by atoms with Gasteiger partial charge in [-0.25, -0.2) is 12.7 Å². The van der Waals surface area contributed by atoms with E-state index in [2.05, 4.69) is 5.32 Å². The molecular weight excluding hydrogens is 284 g/mol. The molecule has 1 saturated heterocycles. The normalized spacial score (nSPS) is 31.0. The number of unbranched alkanes of at least 4 members (excludes halogenated alkanes) is 1. The first-order valence-corrected chi connectivity index (χ1v) is 10.5. The summed E-state index contributed by atoms with van der Waals surface area (Å²) in [4.78, 5) is 0. The summed E-state index contributed by atoms with van der Waals surface area (Å²) in [6.45, 7) is 2.54. The Morgan fingerprint density at radius 1 is 0.952 bits per heavy atom. The molecule has 0 amide bonds. The number of fused-ring (bicyclic) bond motifs is 1. The number of sulfonamides is 1. The molecule has 0 radical (unpaired) electrons. The van der Waals surface area contributed by atoms with E-state index in [1.54, 1.807) is 4.31 Å². The Bertz CT molecular complexity index is 434. The number of nitrogens with one attached hydrogen (secondary N) is 1. The monoisotopic (exact) mass is 314 g/mol. The van der Waals surface area contributed by atoms with Crippen LogP contribution in [0.3, 0.4) is 0 Å². The molecule has 0 aromatic rings. The lowest BCUT2D eigenvalue weighted by molar-refractivity contribution is 0.136. The second-order valence-electron chi connectivity index (χ2n) is 7.20. The van der Waals surface area contributed by atoms with Gasteiger partial charge >= 0.3 is 0 Å². The highest BCUT2D eigenvalue weighted by Gasteiger charge is 2.35. The summed E-state index contributed by atoms with van der Waals surface area (Å²) in [6, 6.07) is 0.729.